The Labute approximate surface area is 156 Å². The van der Waals surface area contributed by atoms with Crippen LogP contribution in [0.1, 0.15) is 11.1 Å². The monoisotopic (exact) mass is 371 g/mol. The number of carbonyl (C=O) groups is 1. The summed E-state index contributed by atoms with van der Waals surface area (Å²) in [5.74, 6) is -0.0447. The van der Waals surface area contributed by atoms with Crippen LogP contribution in [0, 0.1) is 13.8 Å². The highest BCUT2D eigenvalue weighted by Gasteiger charge is 2.15. The van der Waals surface area contributed by atoms with E-state index in [0.717, 1.165) is 26.8 Å². The molecule has 130 valence electrons. The summed E-state index contributed by atoms with van der Waals surface area (Å²) in [4.78, 5) is 20.1. The van der Waals surface area contributed by atoms with Crippen molar-refractivity contribution in [2.24, 2.45) is 0 Å². The summed E-state index contributed by atoms with van der Waals surface area (Å²) in [5, 5.41) is 3.86. The molecular weight excluding hydrogens is 350 g/mol. The average Bonchev–Trinajstić information content (AvgIpc) is 3.05. The van der Waals surface area contributed by atoms with Gasteiger partial charge < -0.3 is 10.2 Å². The van der Waals surface area contributed by atoms with E-state index in [1.165, 1.54) is 10.3 Å². The smallest absolute Gasteiger partial charge is 0.243 e. The highest BCUT2D eigenvalue weighted by atomic mass is 32.2. The Bertz CT molecular complexity index is 881. The van der Waals surface area contributed by atoms with Crippen LogP contribution in [0.2, 0.25) is 0 Å². The molecule has 2 aromatic carbocycles. The van der Waals surface area contributed by atoms with Crippen molar-refractivity contribution in [3.63, 3.8) is 0 Å². The SMILES string of the molecule is CSc1ccccc1NC(=O)CN(C)c1nc2c(C)ccc(C)c2s1. The number of nitrogens with zero attached hydrogens (tertiary/aromatic N) is 2. The van der Waals surface area contributed by atoms with Crippen LogP contribution in [0.15, 0.2) is 41.3 Å². The minimum absolute atomic E-state index is 0.0447. The molecular formula is C19H21N3OS2. The van der Waals surface area contributed by atoms with Crippen LogP contribution in [0.4, 0.5) is 10.8 Å². The maximum Gasteiger partial charge on any atom is 0.243 e. The van der Waals surface area contributed by atoms with Gasteiger partial charge in [0.15, 0.2) is 5.13 Å². The first-order chi connectivity index (χ1) is 12.0. The summed E-state index contributed by atoms with van der Waals surface area (Å²) < 4.78 is 1.19. The number of aromatic nitrogens is 1. The molecule has 3 aromatic rings. The van der Waals surface area contributed by atoms with Crippen molar-refractivity contribution < 1.29 is 4.79 Å². The van der Waals surface area contributed by atoms with Crippen molar-refractivity contribution in [3.05, 3.63) is 47.5 Å². The third-order valence-corrected chi connectivity index (χ3v) is 6.12. The number of nitrogens with one attached hydrogen (secondary N) is 1. The predicted octanol–water partition coefficient (Wildman–Crippen LogP) is 4.71. The van der Waals surface area contributed by atoms with Gasteiger partial charge in [-0.2, -0.15) is 0 Å². The largest absolute Gasteiger partial charge is 0.342 e. The topological polar surface area (TPSA) is 45.2 Å². The maximum absolute atomic E-state index is 12.4. The lowest BCUT2D eigenvalue weighted by molar-refractivity contribution is -0.114. The van der Waals surface area contributed by atoms with E-state index in [-0.39, 0.29) is 12.5 Å². The second-order valence-electron chi connectivity index (χ2n) is 5.98. The number of amides is 1. The Hall–Kier alpha value is -2.05. The Morgan fingerprint density at radius 3 is 2.64 bits per heavy atom. The molecule has 1 aromatic heterocycles. The first-order valence-electron chi connectivity index (χ1n) is 8.00. The number of rotatable bonds is 5. The van der Waals surface area contributed by atoms with Crippen LogP contribution in [-0.2, 0) is 4.79 Å². The van der Waals surface area contributed by atoms with E-state index in [1.54, 1.807) is 23.1 Å². The fraction of sp³-hybridized carbons (Fsp3) is 0.263. The molecule has 0 saturated heterocycles. The van der Waals surface area contributed by atoms with Crippen molar-refractivity contribution in [3.8, 4) is 0 Å². The van der Waals surface area contributed by atoms with Gasteiger partial charge in [0, 0.05) is 11.9 Å². The Balaban J connectivity index is 1.76. The summed E-state index contributed by atoms with van der Waals surface area (Å²) in [7, 11) is 1.91. The van der Waals surface area contributed by atoms with Gasteiger partial charge in [-0.25, -0.2) is 4.98 Å². The lowest BCUT2D eigenvalue weighted by Gasteiger charge is -2.16. The van der Waals surface area contributed by atoms with Gasteiger partial charge in [0.2, 0.25) is 5.91 Å². The molecule has 0 aliphatic carbocycles. The van der Waals surface area contributed by atoms with Gasteiger partial charge in [0.05, 0.1) is 22.4 Å². The van der Waals surface area contributed by atoms with Gasteiger partial charge in [-0.05, 0) is 43.4 Å². The van der Waals surface area contributed by atoms with E-state index < -0.39 is 0 Å². The van der Waals surface area contributed by atoms with Crippen molar-refractivity contribution in [1.82, 2.24) is 4.98 Å². The zero-order valence-electron chi connectivity index (χ0n) is 14.8. The van der Waals surface area contributed by atoms with E-state index >= 15 is 0 Å². The predicted molar refractivity (Wildman–Crippen MR) is 109 cm³/mol. The second kappa shape index (κ2) is 7.45. The summed E-state index contributed by atoms with van der Waals surface area (Å²) in [5.41, 5.74) is 4.26. The molecule has 0 atom stereocenters. The quantitative estimate of drug-likeness (QED) is 0.660. The summed E-state index contributed by atoms with van der Waals surface area (Å²) in [6, 6.07) is 12.0. The molecule has 25 heavy (non-hydrogen) atoms. The van der Waals surface area contributed by atoms with Gasteiger partial charge in [0.1, 0.15) is 0 Å². The number of thioether (sulfide) groups is 1. The summed E-state index contributed by atoms with van der Waals surface area (Å²) in [6.07, 6.45) is 2.00. The van der Waals surface area contributed by atoms with Gasteiger partial charge in [-0.3, -0.25) is 4.79 Å². The third kappa shape index (κ3) is 3.80. The van der Waals surface area contributed by atoms with Crippen LogP contribution >= 0.6 is 23.1 Å². The molecule has 0 saturated carbocycles. The van der Waals surface area contributed by atoms with Gasteiger partial charge >= 0.3 is 0 Å². The molecule has 3 rings (SSSR count). The van der Waals surface area contributed by atoms with Crippen LogP contribution in [0.3, 0.4) is 0 Å². The number of anilines is 2. The minimum Gasteiger partial charge on any atom is -0.342 e. The molecule has 0 spiro atoms. The van der Waals surface area contributed by atoms with Crippen molar-refractivity contribution >= 4 is 50.0 Å². The third-order valence-electron chi connectivity index (χ3n) is 4.02. The second-order valence-corrected chi connectivity index (χ2v) is 7.80. The molecule has 0 aliphatic rings. The Morgan fingerprint density at radius 2 is 1.92 bits per heavy atom. The molecule has 0 unspecified atom stereocenters. The fourth-order valence-corrected chi connectivity index (χ4v) is 4.26. The first kappa shape index (κ1) is 17.8. The Morgan fingerprint density at radius 1 is 1.20 bits per heavy atom. The number of fused-ring (bicyclic) bond motifs is 1. The van der Waals surface area contributed by atoms with Crippen LogP contribution in [0.5, 0.6) is 0 Å². The van der Waals surface area contributed by atoms with Gasteiger partial charge in [-0.15, -0.1) is 11.8 Å². The number of aryl methyl sites for hydroxylation is 2. The zero-order valence-corrected chi connectivity index (χ0v) is 16.4. The number of thiazole rings is 1. The molecule has 1 N–H and O–H groups in total. The highest BCUT2D eigenvalue weighted by molar-refractivity contribution is 7.98. The van der Waals surface area contributed by atoms with E-state index in [2.05, 4.69) is 31.3 Å². The number of carbonyl (C=O) groups excluding carboxylic acids is 1. The van der Waals surface area contributed by atoms with E-state index in [1.807, 2.05) is 42.5 Å². The van der Waals surface area contributed by atoms with Gasteiger partial charge in [0.25, 0.3) is 0 Å². The minimum atomic E-state index is -0.0447. The standard InChI is InChI=1S/C19H21N3OS2/c1-12-9-10-13(2)18-17(12)21-19(25-18)22(3)11-16(23)20-14-7-5-6-8-15(14)24-4/h5-10H,11H2,1-4H3,(H,20,23). The highest BCUT2D eigenvalue weighted by Crippen LogP contribution is 2.32. The number of para-hydroxylation sites is 1. The molecule has 4 nitrogen and oxygen atoms in total. The van der Waals surface area contributed by atoms with E-state index in [9.17, 15) is 4.79 Å². The van der Waals surface area contributed by atoms with Crippen LogP contribution in [0.25, 0.3) is 10.2 Å². The van der Waals surface area contributed by atoms with E-state index in [4.69, 9.17) is 4.98 Å². The number of hydrogen-bond donors (Lipinski definition) is 1. The molecule has 0 aliphatic heterocycles. The normalized spacial score (nSPS) is 10.9. The lowest BCUT2D eigenvalue weighted by Crippen LogP contribution is -2.30. The van der Waals surface area contributed by atoms with Crippen molar-refractivity contribution in [2.75, 3.05) is 30.1 Å². The van der Waals surface area contributed by atoms with Gasteiger partial charge in [-0.1, -0.05) is 35.6 Å². The first-order valence-corrected chi connectivity index (χ1v) is 10.0. The van der Waals surface area contributed by atoms with Crippen molar-refractivity contribution in [2.45, 2.75) is 18.7 Å². The van der Waals surface area contributed by atoms with Crippen molar-refractivity contribution in [1.29, 1.82) is 0 Å². The molecule has 1 heterocycles. The van der Waals surface area contributed by atoms with Crippen LogP contribution < -0.4 is 10.2 Å². The van der Waals surface area contributed by atoms with E-state index in [0.29, 0.717) is 0 Å². The maximum atomic E-state index is 12.4. The number of benzene rings is 2. The molecule has 0 radical (unpaired) electrons. The molecule has 0 fully saturated rings. The summed E-state index contributed by atoms with van der Waals surface area (Å²) >= 11 is 3.25. The number of hydrogen-bond acceptors (Lipinski definition) is 5. The zero-order chi connectivity index (χ0) is 18.0. The molecule has 6 heteroatoms. The Kier molecular flexibility index (Phi) is 5.30. The summed E-state index contributed by atoms with van der Waals surface area (Å²) in [6.45, 7) is 4.42. The number of likely N-dealkylation sites (N-methyl/N-ethyl adjacent to an activating group) is 1. The lowest BCUT2D eigenvalue weighted by atomic mass is 10.1. The van der Waals surface area contributed by atoms with Crippen LogP contribution in [-0.4, -0.2) is 30.7 Å². The average molecular weight is 372 g/mol. The fourth-order valence-electron chi connectivity index (χ4n) is 2.63. The molecule has 1 amide bonds. The molecule has 0 bridgehead atoms.